The first kappa shape index (κ1) is 20.6. The first-order valence-electron chi connectivity index (χ1n) is 8.17. The van der Waals surface area contributed by atoms with Gasteiger partial charge in [-0.1, -0.05) is 32.9 Å². The number of allylic oxidation sites excluding steroid dienone is 1. The number of halogens is 2. The van der Waals surface area contributed by atoms with Crippen molar-refractivity contribution in [3.8, 4) is 17.0 Å². The molecule has 0 bridgehead atoms. The summed E-state index contributed by atoms with van der Waals surface area (Å²) in [6.45, 7) is 6.27. The molecule has 0 saturated heterocycles. The number of carbonyl (C=O) groups is 1. The molecule has 1 N–H and O–H groups in total. The summed E-state index contributed by atoms with van der Waals surface area (Å²) in [7, 11) is 1.45. The van der Waals surface area contributed by atoms with E-state index in [-0.39, 0.29) is 23.0 Å². The number of rotatable bonds is 5. The van der Waals surface area contributed by atoms with Crippen LogP contribution in [0.15, 0.2) is 36.5 Å². The molecule has 0 aliphatic rings. The maximum atomic E-state index is 14.1. The molecule has 2 rings (SSSR count). The lowest BCUT2D eigenvalue weighted by atomic mass is 9.96. The molecular weight excluding hydrogens is 373 g/mol. The van der Waals surface area contributed by atoms with Crippen molar-refractivity contribution in [3.63, 3.8) is 0 Å². The van der Waals surface area contributed by atoms with Gasteiger partial charge in [0, 0.05) is 11.3 Å². The second-order valence-electron chi connectivity index (χ2n) is 6.74. The summed E-state index contributed by atoms with van der Waals surface area (Å²) >= 11 is 5.76. The van der Waals surface area contributed by atoms with E-state index in [1.54, 1.807) is 18.2 Å². The van der Waals surface area contributed by atoms with E-state index in [2.05, 4.69) is 15.3 Å². The fraction of sp³-hybridized carbons (Fsp3) is 0.316. The summed E-state index contributed by atoms with van der Waals surface area (Å²) < 4.78 is 24.4. The second-order valence-corrected chi connectivity index (χ2v) is 7.08. The van der Waals surface area contributed by atoms with Crippen molar-refractivity contribution in [1.29, 1.82) is 0 Å². The highest BCUT2D eigenvalue weighted by Gasteiger charge is 2.15. The molecule has 0 radical (unpaired) electrons. The summed E-state index contributed by atoms with van der Waals surface area (Å²) in [6.07, 6.45) is 4.07. The maximum Gasteiger partial charge on any atom is 0.411 e. The molecule has 144 valence electrons. The molecule has 0 unspecified atom stereocenters. The Labute approximate surface area is 162 Å². The van der Waals surface area contributed by atoms with Gasteiger partial charge in [0.2, 0.25) is 5.28 Å². The lowest BCUT2D eigenvalue weighted by Crippen LogP contribution is -2.14. The number of aromatic nitrogens is 2. The van der Waals surface area contributed by atoms with Crippen LogP contribution in [0.1, 0.15) is 20.8 Å². The largest absolute Gasteiger partial charge is 0.496 e. The molecule has 0 fully saturated rings. The normalized spacial score (nSPS) is 11.5. The quantitative estimate of drug-likeness (QED) is 0.565. The van der Waals surface area contributed by atoms with E-state index in [0.29, 0.717) is 17.0 Å². The number of nitrogens with one attached hydrogen (secondary N) is 1. The number of hydrogen-bond donors (Lipinski definition) is 1. The van der Waals surface area contributed by atoms with Crippen LogP contribution in [0.3, 0.4) is 0 Å². The van der Waals surface area contributed by atoms with Crippen molar-refractivity contribution in [3.05, 3.63) is 47.6 Å². The van der Waals surface area contributed by atoms with Gasteiger partial charge in [-0.2, -0.15) is 0 Å². The topological polar surface area (TPSA) is 73.3 Å². The minimum Gasteiger partial charge on any atom is -0.496 e. The highest BCUT2D eigenvalue weighted by Crippen LogP contribution is 2.33. The molecule has 0 saturated carbocycles. The van der Waals surface area contributed by atoms with Crippen molar-refractivity contribution in [1.82, 2.24) is 9.97 Å². The molecule has 1 aromatic heterocycles. The summed E-state index contributed by atoms with van der Waals surface area (Å²) in [5.41, 5.74) is 0.694. The highest BCUT2D eigenvalue weighted by molar-refractivity contribution is 6.28. The van der Waals surface area contributed by atoms with Crippen molar-refractivity contribution in [2.75, 3.05) is 19.0 Å². The second kappa shape index (κ2) is 8.81. The average Bonchev–Trinajstić information content (AvgIpc) is 2.60. The number of hydrogen-bond acceptors (Lipinski definition) is 5. The van der Waals surface area contributed by atoms with Gasteiger partial charge in [0.05, 0.1) is 13.3 Å². The van der Waals surface area contributed by atoms with Gasteiger partial charge in [0.25, 0.3) is 0 Å². The Bertz CT molecular complexity index is 851. The minimum atomic E-state index is -0.662. The van der Waals surface area contributed by atoms with Crippen molar-refractivity contribution in [2.24, 2.45) is 5.41 Å². The molecule has 1 heterocycles. The van der Waals surface area contributed by atoms with Crippen LogP contribution in [-0.2, 0) is 4.74 Å². The smallest absolute Gasteiger partial charge is 0.411 e. The van der Waals surface area contributed by atoms with Gasteiger partial charge >= 0.3 is 6.09 Å². The fourth-order valence-electron chi connectivity index (χ4n) is 2.18. The van der Waals surface area contributed by atoms with Crippen LogP contribution in [0.4, 0.5) is 14.9 Å². The van der Waals surface area contributed by atoms with E-state index in [9.17, 15) is 9.18 Å². The Morgan fingerprint density at radius 1 is 1.37 bits per heavy atom. The third-order valence-corrected chi connectivity index (χ3v) is 3.53. The molecule has 0 atom stereocenters. The Kier molecular flexibility index (Phi) is 6.74. The lowest BCUT2D eigenvalue weighted by Gasteiger charge is -2.12. The standard InChI is InChI=1S/C19H21ClFN3O3/c1-19(2,3)8-5-9-27-18(25)23-12-6-7-15(26-4)13(10-12)16-14(21)11-22-17(20)24-16/h5-8,10-11H,9H2,1-4H3,(H,23,25). The molecular formula is C19H21ClFN3O3. The van der Waals surface area contributed by atoms with Gasteiger partial charge in [-0.25, -0.2) is 19.2 Å². The van der Waals surface area contributed by atoms with Gasteiger partial charge in [-0.15, -0.1) is 0 Å². The first-order chi connectivity index (χ1) is 12.7. The predicted molar refractivity (Wildman–Crippen MR) is 103 cm³/mol. The Morgan fingerprint density at radius 2 is 2.11 bits per heavy atom. The number of amides is 1. The lowest BCUT2D eigenvalue weighted by molar-refractivity contribution is 0.174. The SMILES string of the molecule is COc1ccc(NC(=O)OCC=CC(C)(C)C)cc1-c1nc(Cl)ncc1F. The number of methoxy groups -OCH3 is 1. The molecule has 2 aromatic rings. The van der Waals surface area contributed by atoms with Crippen LogP contribution >= 0.6 is 11.6 Å². The van der Waals surface area contributed by atoms with Crippen LogP contribution in [0.2, 0.25) is 5.28 Å². The number of ether oxygens (including phenoxy) is 2. The summed E-state index contributed by atoms with van der Waals surface area (Å²) in [6, 6.07) is 4.71. The summed E-state index contributed by atoms with van der Waals surface area (Å²) in [5, 5.41) is 2.49. The Balaban J connectivity index is 2.16. The Morgan fingerprint density at radius 3 is 2.78 bits per heavy atom. The number of carbonyl (C=O) groups excluding carboxylic acids is 1. The van der Waals surface area contributed by atoms with E-state index in [1.165, 1.54) is 13.2 Å². The van der Waals surface area contributed by atoms with Gasteiger partial charge in [0.15, 0.2) is 5.82 Å². The molecule has 0 spiro atoms. The molecule has 0 aliphatic heterocycles. The predicted octanol–water partition coefficient (Wildman–Crippen LogP) is 5.10. The van der Waals surface area contributed by atoms with Gasteiger partial charge in [0.1, 0.15) is 18.1 Å². The fourth-order valence-corrected chi connectivity index (χ4v) is 2.32. The number of benzene rings is 1. The zero-order valence-corrected chi connectivity index (χ0v) is 16.3. The zero-order chi connectivity index (χ0) is 20.0. The van der Waals surface area contributed by atoms with Crippen LogP contribution in [0.25, 0.3) is 11.3 Å². The number of anilines is 1. The summed E-state index contributed by atoms with van der Waals surface area (Å²) in [4.78, 5) is 19.4. The van der Waals surface area contributed by atoms with Crippen LogP contribution in [-0.4, -0.2) is 29.8 Å². The minimum absolute atomic E-state index is 0.00755. The van der Waals surface area contributed by atoms with Crippen LogP contribution in [0, 0.1) is 11.2 Å². The molecule has 1 amide bonds. The molecule has 1 aromatic carbocycles. The third-order valence-electron chi connectivity index (χ3n) is 3.34. The van der Waals surface area contributed by atoms with Crippen molar-refractivity contribution >= 4 is 23.4 Å². The van der Waals surface area contributed by atoms with Crippen molar-refractivity contribution < 1.29 is 18.7 Å². The van der Waals surface area contributed by atoms with Gasteiger partial charge in [-0.3, -0.25) is 5.32 Å². The van der Waals surface area contributed by atoms with Crippen LogP contribution < -0.4 is 10.1 Å². The average molecular weight is 394 g/mol. The van der Waals surface area contributed by atoms with E-state index < -0.39 is 11.9 Å². The van der Waals surface area contributed by atoms with Gasteiger partial charge in [-0.05, 0) is 35.2 Å². The molecule has 27 heavy (non-hydrogen) atoms. The zero-order valence-electron chi connectivity index (χ0n) is 15.5. The van der Waals surface area contributed by atoms with E-state index in [4.69, 9.17) is 21.1 Å². The van der Waals surface area contributed by atoms with Crippen LogP contribution in [0.5, 0.6) is 5.75 Å². The first-order valence-corrected chi connectivity index (χ1v) is 8.55. The molecule has 6 nitrogen and oxygen atoms in total. The summed E-state index contributed by atoms with van der Waals surface area (Å²) in [5.74, 6) is -0.291. The third kappa shape index (κ3) is 6.21. The van der Waals surface area contributed by atoms with E-state index in [0.717, 1.165) is 6.20 Å². The molecule has 0 aliphatic carbocycles. The number of nitrogens with zero attached hydrogens (tertiary/aromatic N) is 2. The van der Waals surface area contributed by atoms with E-state index in [1.807, 2.05) is 26.8 Å². The Hall–Kier alpha value is -2.67. The van der Waals surface area contributed by atoms with Crippen molar-refractivity contribution in [2.45, 2.75) is 20.8 Å². The van der Waals surface area contributed by atoms with E-state index >= 15 is 0 Å². The van der Waals surface area contributed by atoms with Gasteiger partial charge < -0.3 is 9.47 Å². The monoisotopic (exact) mass is 393 g/mol. The maximum absolute atomic E-state index is 14.1. The molecule has 8 heteroatoms. The highest BCUT2D eigenvalue weighted by atomic mass is 35.5.